The van der Waals surface area contributed by atoms with Crippen molar-refractivity contribution in [3.8, 4) is 23.0 Å². The smallest absolute Gasteiger partial charge is 0.343 e. The molecule has 0 saturated heterocycles. The Hall–Kier alpha value is -5.90. The van der Waals surface area contributed by atoms with Gasteiger partial charge in [0.05, 0.1) is 30.9 Å². The van der Waals surface area contributed by atoms with Crippen molar-refractivity contribution in [2.45, 2.75) is 58.5 Å². The van der Waals surface area contributed by atoms with Crippen LogP contribution < -0.4 is 18.9 Å². The van der Waals surface area contributed by atoms with Crippen LogP contribution in [0.2, 0.25) is 0 Å². The Morgan fingerprint density at radius 1 is 0.577 bits per heavy atom. The summed E-state index contributed by atoms with van der Waals surface area (Å²) in [6, 6.07) is 26.1. The number of esters is 4. The molecule has 0 N–H and O–H groups in total. The van der Waals surface area contributed by atoms with Crippen LogP contribution in [-0.4, -0.2) is 43.7 Å². The summed E-state index contributed by atoms with van der Waals surface area (Å²) in [5.41, 5.74) is 1.15. The second-order valence-corrected chi connectivity index (χ2v) is 11.7. The third-order valence-electron chi connectivity index (χ3n) is 7.71. The van der Waals surface area contributed by atoms with Crippen molar-refractivity contribution in [3.05, 3.63) is 132 Å². The summed E-state index contributed by atoms with van der Waals surface area (Å²) in [5.74, 6) is -1.52. The summed E-state index contributed by atoms with van der Waals surface area (Å²) in [4.78, 5) is 50.6. The average molecular weight is 709 g/mol. The highest BCUT2D eigenvalue weighted by Gasteiger charge is 2.21. The monoisotopic (exact) mass is 708 g/mol. The van der Waals surface area contributed by atoms with E-state index in [0.717, 1.165) is 24.5 Å². The van der Waals surface area contributed by atoms with Crippen LogP contribution in [-0.2, 0) is 20.9 Å². The third-order valence-corrected chi connectivity index (χ3v) is 7.71. The highest BCUT2D eigenvalue weighted by molar-refractivity contribution is 5.97. The molecule has 272 valence electrons. The van der Waals surface area contributed by atoms with E-state index in [1.165, 1.54) is 56.0 Å². The molecule has 0 heterocycles. The van der Waals surface area contributed by atoms with Crippen LogP contribution in [0.1, 0.15) is 88.5 Å². The molecule has 10 heteroatoms. The number of carbonyl (C=O) groups excluding carboxylic acids is 4. The Balaban J connectivity index is 1.39. The fourth-order valence-corrected chi connectivity index (χ4v) is 4.87. The van der Waals surface area contributed by atoms with E-state index in [2.05, 4.69) is 13.5 Å². The van der Waals surface area contributed by atoms with Crippen LogP contribution in [0, 0.1) is 0 Å². The predicted molar refractivity (Wildman–Crippen MR) is 195 cm³/mol. The van der Waals surface area contributed by atoms with Crippen molar-refractivity contribution in [2.24, 2.45) is 0 Å². The first kappa shape index (κ1) is 38.9. The summed E-state index contributed by atoms with van der Waals surface area (Å²) < 4.78 is 33.1. The Kier molecular flexibility index (Phi) is 16.0. The number of benzene rings is 4. The largest absolute Gasteiger partial charge is 0.494 e. The Bertz CT molecular complexity index is 1750. The molecule has 0 spiro atoms. The van der Waals surface area contributed by atoms with Crippen LogP contribution >= 0.6 is 0 Å². The molecule has 4 rings (SSSR count). The topological polar surface area (TPSA) is 124 Å². The zero-order valence-corrected chi connectivity index (χ0v) is 29.4. The van der Waals surface area contributed by atoms with Gasteiger partial charge in [0, 0.05) is 12.5 Å². The van der Waals surface area contributed by atoms with Crippen molar-refractivity contribution >= 4 is 23.9 Å². The first-order valence-corrected chi connectivity index (χ1v) is 17.4. The fraction of sp³-hybridized carbons (Fsp3) is 0.286. The quantitative estimate of drug-likeness (QED) is 0.0359. The summed E-state index contributed by atoms with van der Waals surface area (Å²) in [6.45, 7) is 6.60. The Labute approximate surface area is 304 Å². The van der Waals surface area contributed by atoms with Crippen LogP contribution in [0.5, 0.6) is 23.0 Å². The van der Waals surface area contributed by atoms with Gasteiger partial charge >= 0.3 is 23.9 Å². The minimum absolute atomic E-state index is 0.0222. The number of carbonyl (C=O) groups is 4. The number of ether oxygens (including phenoxy) is 6. The van der Waals surface area contributed by atoms with E-state index in [4.69, 9.17) is 28.4 Å². The molecule has 0 radical (unpaired) electrons. The highest BCUT2D eigenvalue weighted by atomic mass is 16.6. The highest BCUT2D eigenvalue weighted by Crippen LogP contribution is 2.28. The molecule has 0 unspecified atom stereocenters. The molecule has 4 aromatic rings. The van der Waals surface area contributed by atoms with Crippen molar-refractivity contribution in [2.75, 3.05) is 19.8 Å². The summed E-state index contributed by atoms with van der Waals surface area (Å²) in [5, 5.41) is 0. The molecular weight excluding hydrogens is 664 g/mol. The van der Waals surface area contributed by atoms with Crippen LogP contribution in [0.25, 0.3) is 0 Å². The maximum absolute atomic E-state index is 13.3. The maximum atomic E-state index is 13.3. The summed E-state index contributed by atoms with van der Waals surface area (Å²) in [6.07, 6.45) is 8.53. The zero-order valence-electron chi connectivity index (χ0n) is 29.4. The van der Waals surface area contributed by atoms with Gasteiger partial charge in [0.2, 0.25) is 0 Å². The van der Waals surface area contributed by atoms with Crippen molar-refractivity contribution < 1.29 is 47.6 Å². The zero-order chi connectivity index (χ0) is 37.0. The van der Waals surface area contributed by atoms with Crippen LogP contribution in [0.3, 0.4) is 0 Å². The SMILES string of the molecule is C=CC(=O)OCCCOc1ccc(C(=O)Oc2ccc(OC(=O)c3ccc(OCCCCCCCC)cc3)c(C(=O)OCc3ccccc3)c2)cc1. The fourth-order valence-electron chi connectivity index (χ4n) is 4.87. The van der Waals surface area contributed by atoms with E-state index in [1.54, 1.807) is 36.4 Å². The van der Waals surface area contributed by atoms with Gasteiger partial charge < -0.3 is 28.4 Å². The van der Waals surface area contributed by atoms with E-state index >= 15 is 0 Å². The van der Waals surface area contributed by atoms with Gasteiger partial charge in [-0.25, -0.2) is 19.2 Å². The summed E-state index contributed by atoms with van der Waals surface area (Å²) in [7, 11) is 0. The van der Waals surface area contributed by atoms with Gasteiger partial charge in [-0.3, -0.25) is 0 Å². The lowest BCUT2D eigenvalue weighted by Gasteiger charge is -2.13. The lowest BCUT2D eigenvalue weighted by Crippen LogP contribution is -2.14. The van der Waals surface area contributed by atoms with Gasteiger partial charge in [-0.05, 0) is 78.7 Å². The lowest BCUT2D eigenvalue weighted by molar-refractivity contribution is -0.137. The number of hydrogen-bond acceptors (Lipinski definition) is 10. The minimum Gasteiger partial charge on any atom is -0.494 e. The molecule has 10 nitrogen and oxygen atoms in total. The predicted octanol–water partition coefficient (Wildman–Crippen LogP) is 8.72. The molecule has 0 fully saturated rings. The Morgan fingerprint density at radius 3 is 1.79 bits per heavy atom. The molecule has 0 saturated carbocycles. The van der Waals surface area contributed by atoms with Crippen molar-refractivity contribution in [1.82, 2.24) is 0 Å². The van der Waals surface area contributed by atoms with Gasteiger partial charge in [0.15, 0.2) is 0 Å². The molecule has 52 heavy (non-hydrogen) atoms. The molecule has 0 aliphatic rings. The van der Waals surface area contributed by atoms with E-state index in [-0.39, 0.29) is 41.4 Å². The number of hydrogen-bond donors (Lipinski definition) is 0. The third kappa shape index (κ3) is 13.1. The van der Waals surface area contributed by atoms with Gasteiger partial charge in [0.25, 0.3) is 0 Å². The molecule has 0 aromatic heterocycles. The Morgan fingerprint density at radius 2 is 1.15 bits per heavy atom. The summed E-state index contributed by atoms with van der Waals surface area (Å²) >= 11 is 0. The van der Waals surface area contributed by atoms with Gasteiger partial charge in [-0.2, -0.15) is 0 Å². The molecular formula is C42H44O10. The number of rotatable bonds is 21. The number of unbranched alkanes of at least 4 members (excludes halogenated alkanes) is 5. The van der Waals surface area contributed by atoms with E-state index < -0.39 is 23.9 Å². The molecule has 0 aliphatic heterocycles. The second-order valence-electron chi connectivity index (χ2n) is 11.7. The lowest BCUT2D eigenvalue weighted by atomic mass is 10.1. The standard InChI is InChI=1S/C42H44O10/c1-3-5-6-7-8-12-26-47-34-22-18-33(19-23-34)41(45)52-38-25-24-36(29-37(38)42(46)50-30-31-14-10-9-11-15-31)51-40(44)32-16-20-35(21-17-32)48-27-13-28-49-39(43)4-2/h4,9-11,14-25,29H,2-3,5-8,12-13,26-28,30H2,1H3. The van der Waals surface area contributed by atoms with Crippen LogP contribution in [0.15, 0.2) is 110 Å². The first-order chi connectivity index (χ1) is 25.4. The van der Waals surface area contributed by atoms with Crippen LogP contribution in [0.4, 0.5) is 0 Å². The van der Waals surface area contributed by atoms with E-state index in [0.29, 0.717) is 31.1 Å². The minimum atomic E-state index is -0.774. The van der Waals surface area contributed by atoms with Crippen molar-refractivity contribution in [1.29, 1.82) is 0 Å². The average Bonchev–Trinajstić information content (AvgIpc) is 3.17. The van der Waals surface area contributed by atoms with E-state index in [9.17, 15) is 19.2 Å². The maximum Gasteiger partial charge on any atom is 0.343 e. The molecule has 0 aliphatic carbocycles. The first-order valence-electron chi connectivity index (χ1n) is 17.4. The van der Waals surface area contributed by atoms with Crippen molar-refractivity contribution in [3.63, 3.8) is 0 Å². The molecule has 0 amide bonds. The molecule has 4 aromatic carbocycles. The molecule has 0 bridgehead atoms. The van der Waals surface area contributed by atoms with Gasteiger partial charge in [0.1, 0.15) is 35.2 Å². The van der Waals surface area contributed by atoms with Gasteiger partial charge in [-0.15, -0.1) is 0 Å². The second kappa shape index (κ2) is 21.3. The van der Waals surface area contributed by atoms with E-state index in [1.807, 2.05) is 30.3 Å². The molecule has 0 atom stereocenters. The van der Waals surface area contributed by atoms with Gasteiger partial charge in [-0.1, -0.05) is 75.9 Å². The normalized spacial score (nSPS) is 10.5.